The highest BCUT2D eigenvalue weighted by molar-refractivity contribution is 5.96. The monoisotopic (exact) mass is 266 g/mol. The number of hydrogen-bond donors (Lipinski definition) is 1. The van der Waals surface area contributed by atoms with Crippen LogP contribution in [0.4, 0.5) is 5.69 Å². The first kappa shape index (κ1) is 12.3. The molecule has 3 rings (SSSR count). The third kappa shape index (κ3) is 1.84. The third-order valence-corrected chi connectivity index (χ3v) is 3.42. The minimum absolute atomic E-state index is 0.604. The quantitative estimate of drug-likeness (QED) is 0.740. The van der Waals surface area contributed by atoms with E-state index >= 15 is 0 Å². The van der Waals surface area contributed by atoms with Crippen LogP contribution in [0.25, 0.3) is 22.3 Å². The number of hydrogen-bond acceptors (Lipinski definition) is 4. The summed E-state index contributed by atoms with van der Waals surface area (Å²) < 4.78 is 1.79. The van der Waals surface area contributed by atoms with Gasteiger partial charge in [-0.05, 0) is 24.3 Å². The lowest BCUT2D eigenvalue weighted by Gasteiger charge is -2.05. The van der Waals surface area contributed by atoms with Crippen LogP contribution >= 0.6 is 0 Å². The smallest absolute Gasteiger partial charge is 0.166 e. The van der Waals surface area contributed by atoms with Gasteiger partial charge in [-0.25, -0.2) is 4.98 Å². The van der Waals surface area contributed by atoms with E-state index in [1.54, 1.807) is 17.0 Å². The Morgan fingerprint density at radius 2 is 2.10 bits per heavy atom. The van der Waals surface area contributed by atoms with Gasteiger partial charge in [0.05, 0.1) is 23.3 Å². The molecule has 0 atom stereocenters. The summed E-state index contributed by atoms with van der Waals surface area (Å²) in [6.45, 7) is 0. The summed E-state index contributed by atoms with van der Waals surface area (Å²) in [5.74, 6) is 0. The van der Waals surface area contributed by atoms with Gasteiger partial charge >= 0.3 is 0 Å². The molecule has 3 heterocycles. The second-order valence-electron chi connectivity index (χ2n) is 4.52. The third-order valence-electron chi connectivity index (χ3n) is 3.42. The Labute approximate surface area is 116 Å². The van der Waals surface area contributed by atoms with Crippen molar-refractivity contribution in [3.63, 3.8) is 0 Å². The van der Waals surface area contributed by atoms with Gasteiger partial charge in [-0.1, -0.05) is 0 Å². The molecule has 5 nitrogen and oxygen atoms in total. The first-order valence-electron chi connectivity index (χ1n) is 6.28. The second kappa shape index (κ2) is 4.77. The highest BCUT2D eigenvalue weighted by atomic mass is 16.1. The van der Waals surface area contributed by atoms with Gasteiger partial charge in [0.1, 0.15) is 5.65 Å². The maximum Gasteiger partial charge on any atom is 0.166 e. The fourth-order valence-electron chi connectivity index (χ4n) is 2.28. The molecule has 0 aliphatic carbocycles. The lowest BCUT2D eigenvalue weighted by Crippen LogP contribution is -1.95. The number of pyridine rings is 2. The molecule has 0 unspecified atom stereocenters. The Kier molecular flexibility index (Phi) is 2.95. The minimum Gasteiger partial charge on any atom is -0.387 e. The molecule has 3 aromatic heterocycles. The van der Waals surface area contributed by atoms with Crippen LogP contribution in [0.15, 0.2) is 36.7 Å². The van der Waals surface area contributed by atoms with Crippen molar-refractivity contribution in [2.75, 3.05) is 12.4 Å². The summed E-state index contributed by atoms with van der Waals surface area (Å²) in [5.41, 5.74) is 4.18. The Balaban J connectivity index is 2.22. The van der Waals surface area contributed by atoms with Crippen LogP contribution in [0, 0.1) is 0 Å². The van der Waals surface area contributed by atoms with E-state index in [0.29, 0.717) is 5.69 Å². The number of nitrogens with one attached hydrogen (secondary N) is 1. The zero-order valence-corrected chi connectivity index (χ0v) is 11.3. The topological polar surface area (TPSA) is 59.8 Å². The number of carbonyl (C=O) groups is 1. The van der Waals surface area contributed by atoms with E-state index in [4.69, 9.17) is 0 Å². The first-order chi connectivity index (χ1) is 9.74. The predicted octanol–water partition coefficient (Wildman–Crippen LogP) is 2.49. The SMILES string of the molecule is CNc1ccc(-c2ccnc3c2cc(C=O)n3C)nc1. The van der Waals surface area contributed by atoms with E-state index in [-0.39, 0.29) is 0 Å². The van der Waals surface area contributed by atoms with Crippen molar-refractivity contribution in [1.29, 1.82) is 0 Å². The highest BCUT2D eigenvalue weighted by Gasteiger charge is 2.11. The lowest BCUT2D eigenvalue weighted by atomic mass is 10.1. The van der Waals surface area contributed by atoms with Crippen LogP contribution in [0.1, 0.15) is 10.5 Å². The van der Waals surface area contributed by atoms with Crippen LogP contribution < -0.4 is 5.32 Å². The number of carbonyl (C=O) groups excluding carboxylic acids is 1. The maximum absolute atomic E-state index is 11.1. The molecule has 0 radical (unpaired) electrons. The van der Waals surface area contributed by atoms with Gasteiger partial charge in [-0.15, -0.1) is 0 Å². The van der Waals surface area contributed by atoms with Gasteiger partial charge in [0.25, 0.3) is 0 Å². The lowest BCUT2D eigenvalue weighted by molar-refractivity contribution is 0.111. The molecule has 0 saturated carbocycles. The van der Waals surface area contributed by atoms with Gasteiger partial charge in [-0.2, -0.15) is 0 Å². The van der Waals surface area contributed by atoms with E-state index in [1.807, 2.05) is 38.4 Å². The number of aromatic nitrogens is 3. The molecule has 0 saturated heterocycles. The maximum atomic E-state index is 11.1. The average Bonchev–Trinajstić information content (AvgIpc) is 2.84. The standard InChI is InChI=1S/C15H14N4O/c1-16-10-3-4-14(18-8-10)12-5-6-17-15-13(12)7-11(9-20)19(15)2/h3-9,16H,1-2H3. The van der Waals surface area contributed by atoms with E-state index < -0.39 is 0 Å². The molecule has 0 aliphatic rings. The molecule has 0 aliphatic heterocycles. The molecule has 100 valence electrons. The number of fused-ring (bicyclic) bond motifs is 1. The van der Waals surface area contributed by atoms with Gasteiger partial charge < -0.3 is 9.88 Å². The fourth-order valence-corrected chi connectivity index (χ4v) is 2.28. The highest BCUT2D eigenvalue weighted by Crippen LogP contribution is 2.28. The Bertz CT molecular complexity index is 774. The normalized spacial score (nSPS) is 10.7. The number of anilines is 1. The zero-order chi connectivity index (χ0) is 14.1. The first-order valence-corrected chi connectivity index (χ1v) is 6.28. The molecular weight excluding hydrogens is 252 g/mol. The van der Waals surface area contributed by atoms with Crippen LogP contribution in [0.2, 0.25) is 0 Å². The second-order valence-corrected chi connectivity index (χ2v) is 4.52. The molecule has 20 heavy (non-hydrogen) atoms. The summed E-state index contributed by atoms with van der Waals surface area (Å²) in [6, 6.07) is 7.68. The van der Waals surface area contributed by atoms with E-state index in [9.17, 15) is 4.79 Å². The molecule has 0 bridgehead atoms. The predicted molar refractivity (Wildman–Crippen MR) is 78.9 cm³/mol. The zero-order valence-electron chi connectivity index (χ0n) is 11.3. The summed E-state index contributed by atoms with van der Waals surface area (Å²) in [4.78, 5) is 19.8. The average molecular weight is 266 g/mol. The van der Waals surface area contributed by atoms with E-state index in [2.05, 4.69) is 15.3 Å². The van der Waals surface area contributed by atoms with Gasteiger partial charge in [0.2, 0.25) is 0 Å². The summed E-state index contributed by atoms with van der Waals surface area (Å²) in [5, 5.41) is 3.97. The van der Waals surface area contributed by atoms with Crippen molar-refractivity contribution in [3.8, 4) is 11.3 Å². The molecule has 5 heteroatoms. The number of aryl methyl sites for hydroxylation is 1. The van der Waals surface area contributed by atoms with Crippen molar-refractivity contribution in [3.05, 3.63) is 42.4 Å². The van der Waals surface area contributed by atoms with Gasteiger partial charge in [0.15, 0.2) is 6.29 Å². The van der Waals surface area contributed by atoms with Crippen molar-refractivity contribution in [2.24, 2.45) is 7.05 Å². The van der Waals surface area contributed by atoms with Crippen molar-refractivity contribution in [2.45, 2.75) is 0 Å². The fraction of sp³-hybridized carbons (Fsp3) is 0.133. The molecular formula is C15H14N4O. The van der Waals surface area contributed by atoms with E-state index in [0.717, 1.165) is 34.3 Å². The van der Waals surface area contributed by atoms with Crippen LogP contribution in [0.5, 0.6) is 0 Å². The van der Waals surface area contributed by atoms with Crippen molar-refractivity contribution >= 4 is 23.0 Å². The van der Waals surface area contributed by atoms with E-state index in [1.165, 1.54) is 0 Å². The minimum atomic E-state index is 0.604. The number of aldehydes is 1. The van der Waals surface area contributed by atoms with Gasteiger partial charge in [0, 0.05) is 31.2 Å². The largest absolute Gasteiger partial charge is 0.387 e. The summed E-state index contributed by atoms with van der Waals surface area (Å²) in [7, 11) is 3.69. The number of nitrogens with zero attached hydrogens (tertiary/aromatic N) is 3. The molecule has 0 aromatic carbocycles. The Hall–Kier alpha value is -2.69. The molecule has 0 spiro atoms. The van der Waals surface area contributed by atoms with Crippen molar-refractivity contribution < 1.29 is 4.79 Å². The van der Waals surface area contributed by atoms with Crippen LogP contribution in [-0.4, -0.2) is 27.9 Å². The molecule has 0 fully saturated rings. The molecule has 0 amide bonds. The van der Waals surface area contributed by atoms with Crippen LogP contribution in [-0.2, 0) is 7.05 Å². The van der Waals surface area contributed by atoms with Gasteiger partial charge in [-0.3, -0.25) is 9.78 Å². The summed E-state index contributed by atoms with van der Waals surface area (Å²) >= 11 is 0. The Morgan fingerprint density at radius 1 is 1.25 bits per heavy atom. The summed E-state index contributed by atoms with van der Waals surface area (Å²) in [6.07, 6.45) is 4.36. The van der Waals surface area contributed by atoms with Crippen LogP contribution in [0.3, 0.4) is 0 Å². The number of rotatable bonds is 3. The molecule has 1 N–H and O–H groups in total. The van der Waals surface area contributed by atoms with Crippen molar-refractivity contribution in [1.82, 2.24) is 14.5 Å². The molecule has 3 aromatic rings. The Morgan fingerprint density at radius 3 is 2.75 bits per heavy atom.